The Morgan fingerprint density at radius 1 is 1.04 bits per heavy atom. The van der Waals surface area contributed by atoms with Crippen LogP contribution in [0.2, 0.25) is 0 Å². The van der Waals surface area contributed by atoms with Crippen molar-refractivity contribution in [2.75, 3.05) is 37.6 Å². The summed E-state index contributed by atoms with van der Waals surface area (Å²) in [5, 5.41) is 0. The van der Waals surface area contributed by atoms with Crippen LogP contribution in [0.4, 0.5) is 10.1 Å². The second kappa shape index (κ2) is 9.62. The summed E-state index contributed by atoms with van der Waals surface area (Å²) >= 11 is 0. The molecule has 0 atom stereocenters. The molecule has 0 unspecified atom stereocenters. The summed E-state index contributed by atoms with van der Waals surface area (Å²) in [6.07, 6.45) is 0. The van der Waals surface area contributed by atoms with Crippen LogP contribution >= 0.6 is 12.4 Å². The molecule has 2 aromatic rings. The van der Waals surface area contributed by atoms with Crippen LogP contribution in [-0.2, 0) is 4.79 Å². The summed E-state index contributed by atoms with van der Waals surface area (Å²) < 4.78 is 14.4. The number of hydrogen-bond donors (Lipinski definition) is 0. The number of para-hydroxylation sites is 1. The molecule has 1 heterocycles. The zero-order valence-electron chi connectivity index (χ0n) is 15.7. The largest absolute Gasteiger partial charge is 0.309 e. The SMILES string of the molecule is CCN(CC)CCN1C(=O)CN=C(c2ccccc2F)c2ccccc21.Cl. The van der Waals surface area contributed by atoms with E-state index in [4.69, 9.17) is 0 Å². The molecular weight excluding hydrogens is 365 g/mol. The average Bonchev–Trinajstić information content (AvgIpc) is 2.80. The molecule has 3 rings (SSSR count). The summed E-state index contributed by atoms with van der Waals surface area (Å²) in [7, 11) is 0. The van der Waals surface area contributed by atoms with Crippen LogP contribution in [0.5, 0.6) is 0 Å². The molecule has 0 spiro atoms. The summed E-state index contributed by atoms with van der Waals surface area (Å²) in [5.74, 6) is -0.388. The van der Waals surface area contributed by atoms with Gasteiger partial charge in [-0.05, 0) is 31.3 Å². The first-order valence-electron chi connectivity index (χ1n) is 9.07. The van der Waals surface area contributed by atoms with Crippen LogP contribution in [0.15, 0.2) is 53.5 Å². The molecule has 2 aromatic carbocycles. The summed E-state index contributed by atoms with van der Waals surface area (Å²) in [6.45, 7) is 7.52. The Labute approximate surface area is 166 Å². The van der Waals surface area contributed by atoms with Gasteiger partial charge in [-0.15, -0.1) is 12.4 Å². The highest BCUT2D eigenvalue weighted by molar-refractivity contribution is 6.19. The van der Waals surface area contributed by atoms with Gasteiger partial charge in [-0.25, -0.2) is 4.39 Å². The van der Waals surface area contributed by atoms with Crippen LogP contribution in [0.25, 0.3) is 0 Å². The molecule has 0 radical (unpaired) electrons. The van der Waals surface area contributed by atoms with E-state index in [2.05, 4.69) is 23.7 Å². The lowest BCUT2D eigenvalue weighted by atomic mass is 10.00. The molecule has 0 saturated carbocycles. The number of rotatable bonds is 6. The smallest absolute Gasteiger partial charge is 0.248 e. The van der Waals surface area contributed by atoms with Crippen molar-refractivity contribution >= 4 is 29.7 Å². The number of amides is 1. The number of halogens is 2. The molecule has 0 aromatic heterocycles. The van der Waals surface area contributed by atoms with Gasteiger partial charge in [0.1, 0.15) is 12.4 Å². The molecule has 0 bridgehead atoms. The molecule has 0 fully saturated rings. The van der Waals surface area contributed by atoms with Crippen LogP contribution in [0.3, 0.4) is 0 Å². The van der Waals surface area contributed by atoms with Crippen molar-refractivity contribution in [3.8, 4) is 0 Å². The highest BCUT2D eigenvalue weighted by Crippen LogP contribution is 2.27. The predicted octanol–water partition coefficient (Wildman–Crippen LogP) is 3.77. The van der Waals surface area contributed by atoms with Gasteiger partial charge in [0.2, 0.25) is 5.91 Å². The van der Waals surface area contributed by atoms with Gasteiger partial charge in [0.25, 0.3) is 0 Å². The number of aliphatic imine (C=N–C) groups is 1. The molecule has 6 heteroatoms. The molecule has 1 aliphatic rings. The van der Waals surface area contributed by atoms with Crippen molar-refractivity contribution in [3.05, 3.63) is 65.5 Å². The van der Waals surface area contributed by atoms with Gasteiger partial charge >= 0.3 is 0 Å². The van der Waals surface area contributed by atoms with E-state index in [9.17, 15) is 9.18 Å². The summed E-state index contributed by atoms with van der Waals surface area (Å²) in [5.41, 5.74) is 2.56. The number of likely N-dealkylation sites (N-methyl/N-ethyl adjacent to an activating group) is 1. The summed E-state index contributed by atoms with van der Waals surface area (Å²) in [4.78, 5) is 21.3. The van der Waals surface area contributed by atoms with E-state index in [1.807, 2.05) is 24.3 Å². The maximum atomic E-state index is 14.4. The first-order valence-corrected chi connectivity index (χ1v) is 9.07. The van der Waals surface area contributed by atoms with Crippen LogP contribution in [0.1, 0.15) is 25.0 Å². The molecule has 27 heavy (non-hydrogen) atoms. The third kappa shape index (κ3) is 4.54. The van der Waals surface area contributed by atoms with E-state index in [1.54, 1.807) is 23.1 Å². The van der Waals surface area contributed by atoms with Crippen molar-refractivity contribution in [3.63, 3.8) is 0 Å². The fourth-order valence-electron chi connectivity index (χ4n) is 3.27. The van der Waals surface area contributed by atoms with Crippen molar-refractivity contribution in [2.45, 2.75) is 13.8 Å². The molecule has 0 aliphatic carbocycles. The average molecular weight is 390 g/mol. The number of carbonyl (C=O) groups is 1. The van der Waals surface area contributed by atoms with Crippen molar-refractivity contribution in [2.24, 2.45) is 4.99 Å². The van der Waals surface area contributed by atoms with Gasteiger partial charge in [-0.1, -0.05) is 44.2 Å². The van der Waals surface area contributed by atoms with Gasteiger partial charge < -0.3 is 9.80 Å². The van der Waals surface area contributed by atoms with Crippen molar-refractivity contribution < 1.29 is 9.18 Å². The molecule has 1 amide bonds. The molecule has 0 N–H and O–H groups in total. The Morgan fingerprint density at radius 3 is 2.33 bits per heavy atom. The highest BCUT2D eigenvalue weighted by Gasteiger charge is 2.25. The molecule has 1 aliphatic heterocycles. The summed E-state index contributed by atoms with van der Waals surface area (Å²) in [6, 6.07) is 14.2. The second-order valence-electron chi connectivity index (χ2n) is 6.23. The normalized spacial score (nSPS) is 13.7. The minimum Gasteiger partial charge on any atom is -0.309 e. The Morgan fingerprint density at radius 2 is 1.67 bits per heavy atom. The Kier molecular flexibility index (Phi) is 7.51. The molecule has 4 nitrogen and oxygen atoms in total. The number of benzodiazepines with no additional fused rings is 1. The van der Waals surface area contributed by atoms with Crippen molar-refractivity contribution in [1.29, 1.82) is 0 Å². The van der Waals surface area contributed by atoms with Crippen LogP contribution in [0, 0.1) is 5.82 Å². The quantitative estimate of drug-likeness (QED) is 0.753. The lowest BCUT2D eigenvalue weighted by Crippen LogP contribution is -2.39. The van der Waals surface area contributed by atoms with Gasteiger partial charge in [-0.3, -0.25) is 9.79 Å². The molecular formula is C21H25ClFN3O. The minimum absolute atomic E-state index is 0. The maximum Gasteiger partial charge on any atom is 0.248 e. The Bertz CT molecular complexity index is 821. The number of fused-ring (bicyclic) bond motifs is 1. The predicted molar refractivity (Wildman–Crippen MR) is 111 cm³/mol. The lowest BCUT2D eigenvalue weighted by Gasteiger charge is -2.26. The van der Waals surface area contributed by atoms with Gasteiger partial charge in [0.05, 0.1) is 11.4 Å². The number of benzene rings is 2. The van der Waals surface area contributed by atoms with E-state index in [1.165, 1.54) is 6.07 Å². The number of nitrogens with zero attached hydrogens (tertiary/aromatic N) is 3. The molecule has 144 valence electrons. The first-order chi connectivity index (χ1) is 12.7. The van der Waals surface area contributed by atoms with Gasteiger partial charge in [0.15, 0.2) is 0 Å². The maximum absolute atomic E-state index is 14.4. The topological polar surface area (TPSA) is 35.9 Å². The minimum atomic E-state index is -0.329. The fourth-order valence-corrected chi connectivity index (χ4v) is 3.27. The van der Waals surface area contributed by atoms with Gasteiger partial charge in [-0.2, -0.15) is 0 Å². The number of hydrogen-bond acceptors (Lipinski definition) is 3. The molecule has 0 saturated heterocycles. The zero-order chi connectivity index (χ0) is 18.5. The van der Waals surface area contributed by atoms with Gasteiger partial charge in [0, 0.05) is 24.2 Å². The standard InChI is InChI=1S/C21H24FN3O.ClH/c1-3-24(4-2)13-14-25-19-12-8-6-10-17(19)21(23-15-20(25)26)16-9-5-7-11-18(16)22;/h5-12H,3-4,13-15H2,1-2H3;1H. The van der Waals surface area contributed by atoms with E-state index < -0.39 is 0 Å². The van der Waals surface area contributed by atoms with Crippen LogP contribution < -0.4 is 4.90 Å². The third-order valence-electron chi connectivity index (χ3n) is 4.79. The lowest BCUT2D eigenvalue weighted by molar-refractivity contribution is -0.117. The van der Waals surface area contributed by atoms with E-state index in [-0.39, 0.29) is 30.7 Å². The second-order valence-corrected chi connectivity index (χ2v) is 6.23. The number of anilines is 1. The highest BCUT2D eigenvalue weighted by atomic mass is 35.5. The first kappa shape index (κ1) is 21.1. The van der Waals surface area contributed by atoms with E-state index >= 15 is 0 Å². The number of carbonyl (C=O) groups excluding carboxylic acids is 1. The Balaban J connectivity index is 0.00000261. The Hall–Kier alpha value is -2.24. The van der Waals surface area contributed by atoms with E-state index in [0.29, 0.717) is 17.8 Å². The van der Waals surface area contributed by atoms with E-state index in [0.717, 1.165) is 30.9 Å². The third-order valence-corrected chi connectivity index (χ3v) is 4.79. The van der Waals surface area contributed by atoms with Crippen molar-refractivity contribution in [1.82, 2.24) is 4.90 Å². The monoisotopic (exact) mass is 389 g/mol. The zero-order valence-corrected chi connectivity index (χ0v) is 16.5. The van der Waals surface area contributed by atoms with Crippen LogP contribution in [-0.4, -0.2) is 49.2 Å². The fraction of sp³-hybridized carbons (Fsp3) is 0.333.